The Labute approximate surface area is 172 Å². The number of fused-ring (bicyclic) bond motifs is 1. The van der Waals surface area contributed by atoms with Gasteiger partial charge in [0.25, 0.3) is 0 Å². The molecule has 9 nitrogen and oxygen atoms in total. The molecule has 9 heteroatoms. The number of nitrogens with one attached hydrogen (secondary N) is 1. The molecule has 0 radical (unpaired) electrons. The van der Waals surface area contributed by atoms with Gasteiger partial charge in [0.1, 0.15) is 11.6 Å². The number of allylic oxidation sites excluding steroid dienone is 1. The molecule has 1 aliphatic rings. The molecule has 1 unspecified atom stereocenters. The first-order chi connectivity index (χ1) is 14.6. The van der Waals surface area contributed by atoms with Crippen molar-refractivity contribution in [2.75, 3.05) is 21.3 Å². The summed E-state index contributed by atoms with van der Waals surface area (Å²) in [5.74, 6) is 1.05. The van der Waals surface area contributed by atoms with Gasteiger partial charge in [-0.15, -0.1) is 5.10 Å². The molecule has 0 fully saturated rings. The van der Waals surface area contributed by atoms with Crippen LogP contribution in [0.1, 0.15) is 17.0 Å². The highest BCUT2D eigenvalue weighted by Crippen LogP contribution is 2.48. The molecule has 1 atom stereocenters. The van der Waals surface area contributed by atoms with Crippen molar-refractivity contribution < 1.29 is 18.9 Å². The number of nitrogens with zero attached hydrogens (tertiary/aromatic N) is 3. The zero-order chi connectivity index (χ0) is 21.3. The molecule has 0 bridgehead atoms. The molecule has 0 saturated carbocycles. The maximum absolute atomic E-state index is 9.87. The highest BCUT2D eigenvalue weighted by Gasteiger charge is 2.37. The molecule has 2 aromatic heterocycles. The standard InChI is InChI=1S/C21H19N5O4/c1-27-14-8-11(9-15(28-2)19(14)29-3)16-12(10-22)20(23)30-21-17(16)18(25-26-21)13-6-4-5-7-24-13/h4-9,16H,23H2,1-3H3,(H,25,26). The molecule has 152 valence electrons. The van der Waals surface area contributed by atoms with E-state index < -0.39 is 5.92 Å². The molecule has 3 N–H and O–H groups in total. The number of ether oxygens (including phenoxy) is 4. The van der Waals surface area contributed by atoms with Crippen LogP contribution in [0.15, 0.2) is 48.0 Å². The number of benzene rings is 1. The summed E-state index contributed by atoms with van der Waals surface area (Å²) in [5, 5.41) is 17.1. The number of nitriles is 1. The van der Waals surface area contributed by atoms with Gasteiger partial charge in [-0.1, -0.05) is 6.07 Å². The quantitative estimate of drug-likeness (QED) is 0.663. The fraction of sp³-hybridized carbons (Fsp3) is 0.190. The number of H-pyrrole nitrogens is 1. The highest BCUT2D eigenvalue weighted by atomic mass is 16.5. The molecular formula is C21H19N5O4. The van der Waals surface area contributed by atoms with E-state index in [1.807, 2.05) is 18.2 Å². The lowest BCUT2D eigenvalue weighted by atomic mass is 9.83. The number of aromatic amines is 1. The Bertz CT molecular complexity index is 1140. The Hall–Kier alpha value is -4.19. The predicted molar refractivity (Wildman–Crippen MR) is 107 cm³/mol. The Kier molecular flexibility index (Phi) is 4.90. The summed E-state index contributed by atoms with van der Waals surface area (Å²) in [4.78, 5) is 4.40. The topological polar surface area (TPSA) is 128 Å². The first-order valence-corrected chi connectivity index (χ1v) is 9.00. The van der Waals surface area contributed by atoms with E-state index in [4.69, 9.17) is 24.7 Å². The maximum atomic E-state index is 9.87. The molecule has 30 heavy (non-hydrogen) atoms. The van der Waals surface area contributed by atoms with E-state index in [2.05, 4.69) is 21.3 Å². The monoisotopic (exact) mass is 405 g/mol. The van der Waals surface area contributed by atoms with Gasteiger partial charge in [-0.05, 0) is 29.8 Å². The van der Waals surface area contributed by atoms with Gasteiger partial charge in [0.05, 0.1) is 44.2 Å². The summed E-state index contributed by atoms with van der Waals surface area (Å²) in [5.41, 5.74) is 8.94. The van der Waals surface area contributed by atoms with Crippen molar-refractivity contribution in [3.63, 3.8) is 0 Å². The Morgan fingerprint density at radius 1 is 1.13 bits per heavy atom. The van der Waals surface area contributed by atoms with Crippen LogP contribution in [0.5, 0.6) is 23.1 Å². The summed E-state index contributed by atoms with van der Waals surface area (Å²) in [6.07, 6.45) is 1.68. The van der Waals surface area contributed by atoms with E-state index in [1.54, 1.807) is 18.3 Å². The largest absolute Gasteiger partial charge is 0.493 e. The fourth-order valence-corrected chi connectivity index (χ4v) is 3.55. The first kappa shape index (κ1) is 19.1. The lowest BCUT2D eigenvalue weighted by Crippen LogP contribution is -2.21. The Morgan fingerprint density at radius 2 is 1.87 bits per heavy atom. The molecule has 0 aliphatic carbocycles. The van der Waals surface area contributed by atoms with Crippen LogP contribution < -0.4 is 24.7 Å². The van der Waals surface area contributed by atoms with Crippen molar-refractivity contribution in [2.45, 2.75) is 5.92 Å². The molecular weight excluding hydrogens is 386 g/mol. The van der Waals surface area contributed by atoms with Gasteiger partial charge in [0, 0.05) is 6.20 Å². The second kappa shape index (κ2) is 7.67. The van der Waals surface area contributed by atoms with Crippen LogP contribution in [0.4, 0.5) is 0 Å². The molecule has 4 rings (SSSR count). The molecule has 0 spiro atoms. The lowest BCUT2D eigenvalue weighted by Gasteiger charge is -2.25. The number of aromatic nitrogens is 3. The van der Waals surface area contributed by atoms with Crippen molar-refractivity contribution in [3.05, 3.63) is 59.1 Å². The highest BCUT2D eigenvalue weighted by molar-refractivity contribution is 5.69. The van der Waals surface area contributed by atoms with E-state index in [1.165, 1.54) is 21.3 Å². The number of nitrogens with two attached hydrogens (primary N) is 1. The van der Waals surface area contributed by atoms with E-state index in [-0.39, 0.29) is 17.3 Å². The van der Waals surface area contributed by atoms with Gasteiger partial charge in [-0.2, -0.15) is 5.26 Å². The third-order valence-corrected chi connectivity index (χ3v) is 4.88. The second-order valence-electron chi connectivity index (χ2n) is 6.42. The van der Waals surface area contributed by atoms with Crippen LogP contribution in [0.2, 0.25) is 0 Å². The smallest absolute Gasteiger partial charge is 0.244 e. The van der Waals surface area contributed by atoms with Crippen LogP contribution >= 0.6 is 0 Å². The van der Waals surface area contributed by atoms with Crippen LogP contribution in [0.25, 0.3) is 11.4 Å². The maximum Gasteiger partial charge on any atom is 0.244 e. The molecule has 0 amide bonds. The first-order valence-electron chi connectivity index (χ1n) is 9.00. The van der Waals surface area contributed by atoms with Crippen LogP contribution in [0.3, 0.4) is 0 Å². The summed E-state index contributed by atoms with van der Waals surface area (Å²) >= 11 is 0. The predicted octanol–water partition coefficient (Wildman–Crippen LogP) is 2.72. The summed E-state index contributed by atoms with van der Waals surface area (Å²) < 4.78 is 22.0. The number of methoxy groups -OCH3 is 3. The van der Waals surface area contributed by atoms with Gasteiger partial charge in [-0.25, -0.2) is 0 Å². The Balaban J connectivity index is 1.99. The zero-order valence-corrected chi connectivity index (χ0v) is 16.6. The normalized spacial score (nSPS) is 15.1. The van der Waals surface area contributed by atoms with Crippen molar-refractivity contribution in [1.82, 2.24) is 15.2 Å². The minimum atomic E-state index is -0.580. The number of rotatable bonds is 5. The van der Waals surface area contributed by atoms with Crippen molar-refractivity contribution in [2.24, 2.45) is 5.73 Å². The van der Waals surface area contributed by atoms with Crippen LogP contribution in [-0.4, -0.2) is 36.5 Å². The lowest BCUT2D eigenvalue weighted by molar-refractivity contribution is 0.323. The number of hydrogen-bond donors (Lipinski definition) is 2. The third-order valence-electron chi connectivity index (χ3n) is 4.88. The van der Waals surface area contributed by atoms with Gasteiger partial charge >= 0.3 is 0 Å². The number of pyridine rings is 1. The number of hydrogen-bond acceptors (Lipinski definition) is 8. The molecule has 1 aromatic carbocycles. The molecule has 3 heterocycles. The van der Waals surface area contributed by atoms with Crippen molar-refractivity contribution in [1.29, 1.82) is 5.26 Å². The van der Waals surface area contributed by atoms with Crippen LogP contribution in [-0.2, 0) is 0 Å². The van der Waals surface area contributed by atoms with E-state index in [0.29, 0.717) is 39.8 Å². The minimum absolute atomic E-state index is 0.0113. The SMILES string of the molecule is COc1cc(C2C(C#N)=C(N)Oc3n[nH]c(-c4ccccn4)c32)cc(OC)c1OC. The fourth-order valence-electron chi connectivity index (χ4n) is 3.55. The van der Waals surface area contributed by atoms with Crippen LogP contribution in [0, 0.1) is 11.3 Å². The summed E-state index contributed by atoms with van der Waals surface area (Å²) in [6.45, 7) is 0. The zero-order valence-electron chi connectivity index (χ0n) is 16.6. The van der Waals surface area contributed by atoms with Gasteiger partial charge in [0.2, 0.25) is 17.5 Å². The average Bonchev–Trinajstić information content (AvgIpc) is 3.20. The summed E-state index contributed by atoms with van der Waals surface area (Å²) in [7, 11) is 4.59. The Morgan fingerprint density at radius 3 is 2.43 bits per heavy atom. The average molecular weight is 405 g/mol. The molecule has 0 saturated heterocycles. The van der Waals surface area contributed by atoms with E-state index >= 15 is 0 Å². The van der Waals surface area contributed by atoms with E-state index in [0.717, 1.165) is 0 Å². The van der Waals surface area contributed by atoms with Crippen molar-refractivity contribution >= 4 is 0 Å². The third kappa shape index (κ3) is 2.95. The van der Waals surface area contributed by atoms with E-state index in [9.17, 15) is 5.26 Å². The van der Waals surface area contributed by atoms with Gasteiger partial charge in [0.15, 0.2) is 11.5 Å². The van der Waals surface area contributed by atoms with Gasteiger partial charge < -0.3 is 24.7 Å². The molecule has 3 aromatic rings. The second-order valence-corrected chi connectivity index (χ2v) is 6.42. The molecule has 1 aliphatic heterocycles. The van der Waals surface area contributed by atoms with Gasteiger partial charge in [-0.3, -0.25) is 10.1 Å². The minimum Gasteiger partial charge on any atom is -0.493 e. The summed E-state index contributed by atoms with van der Waals surface area (Å²) in [6, 6.07) is 11.3. The van der Waals surface area contributed by atoms with Crippen molar-refractivity contribution in [3.8, 4) is 40.6 Å².